The van der Waals surface area contributed by atoms with Gasteiger partial charge in [-0.05, 0) is 12.1 Å². The number of anilines is 1. The average Bonchev–Trinajstić information content (AvgIpc) is 1.91. The Bertz CT molecular complexity index is 164. The molecule has 2 nitrogen and oxygen atoms in total. The number of hydrogen-bond acceptors (Lipinski definition) is 2. The minimum atomic E-state index is 1.08. The molecule has 0 amide bonds. The zero-order valence-corrected chi connectivity index (χ0v) is 5.39. The summed E-state index contributed by atoms with van der Waals surface area (Å²) in [6, 6.07) is 9.95. The zero-order chi connectivity index (χ0) is 6.53. The Kier molecular flexibility index (Phi) is 2.16. The highest BCUT2D eigenvalue weighted by Crippen LogP contribution is 2.01. The first kappa shape index (κ1) is 6.17. The lowest BCUT2D eigenvalue weighted by molar-refractivity contribution is 1.20. The monoisotopic (exact) mass is 120 g/mol. The minimum Gasteiger partial charge on any atom is -0.333 e. The van der Waals surface area contributed by atoms with Gasteiger partial charge in [-0.3, -0.25) is 5.34 Å². The van der Waals surface area contributed by atoms with Crippen LogP contribution in [0.15, 0.2) is 30.3 Å². The van der Waals surface area contributed by atoms with Crippen molar-refractivity contribution in [2.24, 2.45) is 0 Å². The molecular weight excluding hydrogens is 111 g/mol. The second kappa shape index (κ2) is 3.15. The molecule has 2 N–H and O–H groups in total. The van der Waals surface area contributed by atoms with Crippen molar-refractivity contribution >= 4 is 13.7 Å². The van der Waals surface area contributed by atoms with Crippen LogP contribution in [-0.2, 0) is 0 Å². The molecule has 3 heteroatoms. The summed E-state index contributed by atoms with van der Waals surface area (Å²) in [4.78, 5) is 0. The first-order valence-corrected chi connectivity index (χ1v) is 2.91. The third-order valence-electron chi connectivity index (χ3n) is 1.04. The number of rotatable bonds is 2. The van der Waals surface area contributed by atoms with E-state index in [4.69, 9.17) is 0 Å². The maximum atomic E-state index is 2.96. The lowest BCUT2D eigenvalue weighted by Gasteiger charge is -2.01. The molecule has 0 spiro atoms. The van der Waals surface area contributed by atoms with Gasteiger partial charge in [0.2, 0.25) is 7.98 Å². The molecule has 0 heterocycles. The summed E-state index contributed by atoms with van der Waals surface area (Å²) in [5.41, 5.74) is 4.04. The Balaban J connectivity index is 2.61. The van der Waals surface area contributed by atoms with Gasteiger partial charge < -0.3 is 5.43 Å². The predicted molar refractivity (Wildman–Crippen MR) is 41.7 cm³/mol. The van der Waals surface area contributed by atoms with Crippen molar-refractivity contribution in [2.75, 3.05) is 5.43 Å². The number of hydrazine groups is 1. The topological polar surface area (TPSA) is 24.1 Å². The molecule has 0 aliphatic rings. The van der Waals surface area contributed by atoms with Gasteiger partial charge in [0.05, 0.1) is 0 Å². The smallest absolute Gasteiger partial charge is 0.208 e. The van der Waals surface area contributed by atoms with Crippen molar-refractivity contribution in [1.29, 1.82) is 0 Å². The summed E-state index contributed by atoms with van der Waals surface area (Å²) in [6.45, 7) is 0. The van der Waals surface area contributed by atoms with E-state index in [2.05, 4.69) is 10.8 Å². The highest BCUT2D eigenvalue weighted by Gasteiger charge is 1.81. The SMILES string of the molecule is BNNc1ccccc1. The van der Waals surface area contributed by atoms with Crippen molar-refractivity contribution in [3.8, 4) is 0 Å². The second-order valence-electron chi connectivity index (χ2n) is 1.74. The Hall–Kier alpha value is -0.955. The van der Waals surface area contributed by atoms with Crippen molar-refractivity contribution in [2.45, 2.75) is 0 Å². The molecule has 0 radical (unpaired) electrons. The van der Waals surface area contributed by atoms with Gasteiger partial charge in [-0.25, -0.2) is 0 Å². The van der Waals surface area contributed by atoms with Gasteiger partial charge in [-0.2, -0.15) is 0 Å². The molecule has 0 atom stereocenters. The Morgan fingerprint density at radius 3 is 2.33 bits per heavy atom. The molecule has 0 aliphatic heterocycles. The standard InChI is InChI=1S/C6H9BN2/c7-9-8-6-4-2-1-3-5-6/h1-5,8-9H,7H2. The molecule has 0 saturated carbocycles. The number of benzene rings is 1. The first-order chi connectivity index (χ1) is 4.43. The lowest BCUT2D eigenvalue weighted by atomic mass is 10.3. The second-order valence-corrected chi connectivity index (χ2v) is 1.74. The van der Waals surface area contributed by atoms with E-state index in [1.54, 1.807) is 0 Å². The average molecular weight is 120 g/mol. The number of para-hydroxylation sites is 1. The van der Waals surface area contributed by atoms with Crippen LogP contribution in [0.4, 0.5) is 5.69 Å². The minimum absolute atomic E-state index is 1.08. The molecule has 0 saturated heterocycles. The van der Waals surface area contributed by atoms with E-state index in [1.165, 1.54) is 0 Å². The summed E-state index contributed by atoms with van der Waals surface area (Å²) in [5.74, 6) is 0. The maximum absolute atomic E-state index is 2.96. The van der Waals surface area contributed by atoms with Crippen LogP contribution in [0.3, 0.4) is 0 Å². The van der Waals surface area contributed by atoms with Crippen LogP contribution < -0.4 is 10.8 Å². The van der Waals surface area contributed by atoms with E-state index in [-0.39, 0.29) is 0 Å². The van der Waals surface area contributed by atoms with Gasteiger partial charge in [0, 0.05) is 5.69 Å². The van der Waals surface area contributed by atoms with Crippen LogP contribution in [0, 0.1) is 0 Å². The van der Waals surface area contributed by atoms with Gasteiger partial charge in [0.1, 0.15) is 0 Å². The predicted octanol–water partition coefficient (Wildman–Crippen LogP) is 0.151. The van der Waals surface area contributed by atoms with Crippen molar-refractivity contribution < 1.29 is 0 Å². The van der Waals surface area contributed by atoms with Gasteiger partial charge in [0.15, 0.2) is 0 Å². The van der Waals surface area contributed by atoms with Gasteiger partial charge in [0.25, 0.3) is 0 Å². The van der Waals surface area contributed by atoms with Crippen LogP contribution in [0.25, 0.3) is 0 Å². The van der Waals surface area contributed by atoms with Gasteiger partial charge in [-0.15, -0.1) is 0 Å². The molecule has 1 aromatic carbocycles. The Morgan fingerprint density at radius 2 is 1.78 bits per heavy atom. The molecule has 0 aromatic heterocycles. The molecule has 1 rings (SSSR count). The number of nitrogens with one attached hydrogen (secondary N) is 2. The third-order valence-corrected chi connectivity index (χ3v) is 1.04. The maximum Gasteiger partial charge on any atom is 0.208 e. The Morgan fingerprint density at radius 1 is 1.11 bits per heavy atom. The molecule has 0 aliphatic carbocycles. The van der Waals surface area contributed by atoms with E-state index in [0.29, 0.717) is 0 Å². The summed E-state index contributed by atoms with van der Waals surface area (Å²) >= 11 is 0. The summed E-state index contributed by atoms with van der Waals surface area (Å²) in [7, 11) is 1.84. The molecule has 0 bridgehead atoms. The third kappa shape index (κ3) is 1.78. The first-order valence-electron chi connectivity index (χ1n) is 2.91. The van der Waals surface area contributed by atoms with E-state index in [1.807, 2.05) is 38.3 Å². The molecule has 9 heavy (non-hydrogen) atoms. The highest BCUT2D eigenvalue weighted by molar-refractivity contribution is 6.05. The largest absolute Gasteiger partial charge is 0.333 e. The number of hydrogen-bond donors (Lipinski definition) is 2. The van der Waals surface area contributed by atoms with Crippen LogP contribution in [-0.4, -0.2) is 7.98 Å². The van der Waals surface area contributed by atoms with E-state index in [9.17, 15) is 0 Å². The van der Waals surface area contributed by atoms with Crippen LogP contribution in [0.1, 0.15) is 0 Å². The fraction of sp³-hybridized carbons (Fsp3) is 0. The lowest BCUT2D eigenvalue weighted by Crippen LogP contribution is -2.16. The fourth-order valence-corrected chi connectivity index (χ4v) is 0.666. The normalized spacial score (nSPS) is 8.89. The van der Waals surface area contributed by atoms with Crippen molar-refractivity contribution in [1.82, 2.24) is 5.34 Å². The van der Waals surface area contributed by atoms with E-state index in [0.717, 1.165) is 5.69 Å². The van der Waals surface area contributed by atoms with Gasteiger partial charge in [-0.1, -0.05) is 18.2 Å². The van der Waals surface area contributed by atoms with Crippen molar-refractivity contribution in [3.63, 3.8) is 0 Å². The zero-order valence-electron chi connectivity index (χ0n) is 5.39. The van der Waals surface area contributed by atoms with E-state index < -0.39 is 0 Å². The molecule has 0 fully saturated rings. The summed E-state index contributed by atoms with van der Waals surface area (Å²) < 4.78 is 0. The fourth-order valence-electron chi connectivity index (χ4n) is 0.666. The quantitative estimate of drug-likeness (QED) is 0.428. The van der Waals surface area contributed by atoms with Gasteiger partial charge >= 0.3 is 0 Å². The highest BCUT2D eigenvalue weighted by atomic mass is 15.3. The van der Waals surface area contributed by atoms with Crippen LogP contribution >= 0.6 is 0 Å². The summed E-state index contributed by atoms with van der Waals surface area (Å²) in [6.07, 6.45) is 0. The molecule has 46 valence electrons. The van der Waals surface area contributed by atoms with E-state index >= 15 is 0 Å². The van der Waals surface area contributed by atoms with Crippen LogP contribution in [0.5, 0.6) is 0 Å². The molecule has 1 aromatic rings. The molecule has 0 unspecified atom stereocenters. The van der Waals surface area contributed by atoms with Crippen molar-refractivity contribution in [3.05, 3.63) is 30.3 Å². The molecular formula is C6H9BN2. The van der Waals surface area contributed by atoms with Crippen LogP contribution in [0.2, 0.25) is 0 Å². The Labute approximate surface area is 55.7 Å². The summed E-state index contributed by atoms with van der Waals surface area (Å²) in [5, 5.41) is 2.83.